The van der Waals surface area contributed by atoms with E-state index in [1.807, 2.05) is 21.9 Å². The summed E-state index contributed by atoms with van der Waals surface area (Å²) in [5, 5.41) is 10.5. The molecule has 1 aromatic carbocycles. The number of rotatable bonds is 15. The molecule has 12 heteroatoms. The Balaban J connectivity index is 1.54. The highest BCUT2D eigenvalue weighted by molar-refractivity contribution is 7.89. The molecule has 3 heterocycles. The average Bonchev–Trinajstić information content (AvgIpc) is 3.62. The third kappa shape index (κ3) is 8.15. The molecule has 236 valence electrons. The Hall–Kier alpha value is -2.41. The highest BCUT2D eigenvalue weighted by Gasteiger charge is 2.48. The van der Waals surface area contributed by atoms with Crippen LogP contribution in [0.2, 0.25) is 0 Å². The van der Waals surface area contributed by atoms with Crippen molar-refractivity contribution in [2.24, 2.45) is 5.92 Å². The number of carboxylic acids is 1. The molecule has 0 aliphatic carbocycles. The molecule has 0 saturated carbocycles. The topological polar surface area (TPSA) is 117 Å². The Kier molecular flexibility index (Phi) is 10.8. The SMILES string of the molecule is CCCCN(CCCC[N+](C)(C)C)C(=O)CN1CC(c2ccc3c(c2)OCO3)C(C(=O)O)C1CCN1CCCS1(=O)=O. The van der Waals surface area contributed by atoms with E-state index in [1.165, 1.54) is 4.31 Å². The lowest BCUT2D eigenvalue weighted by atomic mass is 9.84. The Labute approximate surface area is 251 Å². The first-order valence-corrected chi connectivity index (χ1v) is 16.9. The summed E-state index contributed by atoms with van der Waals surface area (Å²) in [4.78, 5) is 30.5. The molecule has 2 saturated heterocycles. The van der Waals surface area contributed by atoms with Crippen molar-refractivity contribution in [3.05, 3.63) is 23.8 Å². The first kappa shape index (κ1) is 32.5. The quantitative estimate of drug-likeness (QED) is 0.238. The van der Waals surface area contributed by atoms with Gasteiger partial charge in [-0.3, -0.25) is 14.5 Å². The lowest BCUT2D eigenvalue weighted by molar-refractivity contribution is -0.870. The number of unbranched alkanes of at least 4 members (excludes halogenated alkanes) is 2. The Morgan fingerprint density at radius 2 is 1.83 bits per heavy atom. The highest BCUT2D eigenvalue weighted by atomic mass is 32.2. The smallest absolute Gasteiger partial charge is 0.308 e. The van der Waals surface area contributed by atoms with E-state index in [2.05, 4.69) is 28.1 Å². The zero-order valence-corrected chi connectivity index (χ0v) is 26.5. The van der Waals surface area contributed by atoms with Gasteiger partial charge in [0.15, 0.2) is 11.5 Å². The number of fused-ring (bicyclic) bond motifs is 1. The van der Waals surface area contributed by atoms with E-state index in [1.54, 1.807) is 6.07 Å². The second-order valence-corrected chi connectivity index (χ2v) is 15.0. The van der Waals surface area contributed by atoms with Crippen LogP contribution in [0.5, 0.6) is 11.5 Å². The van der Waals surface area contributed by atoms with Gasteiger partial charge in [-0.1, -0.05) is 19.4 Å². The molecule has 1 aromatic rings. The van der Waals surface area contributed by atoms with Crippen molar-refractivity contribution in [2.75, 3.05) is 79.5 Å². The van der Waals surface area contributed by atoms with Crippen LogP contribution in [-0.2, 0) is 19.6 Å². The number of hydrogen-bond acceptors (Lipinski definition) is 7. The molecule has 3 aliphatic rings. The predicted octanol–water partition coefficient (Wildman–Crippen LogP) is 2.42. The molecule has 1 amide bonds. The van der Waals surface area contributed by atoms with Crippen LogP contribution in [-0.4, -0.2) is 130 Å². The summed E-state index contributed by atoms with van der Waals surface area (Å²) in [5.41, 5.74) is 0.823. The summed E-state index contributed by atoms with van der Waals surface area (Å²) in [6.07, 6.45) is 4.75. The first-order chi connectivity index (χ1) is 19.9. The number of carbonyl (C=O) groups excluding carboxylic acids is 1. The van der Waals surface area contributed by atoms with Gasteiger partial charge in [0.05, 0.1) is 45.9 Å². The molecule has 0 bridgehead atoms. The maximum Gasteiger partial charge on any atom is 0.308 e. The fourth-order valence-corrected chi connectivity index (χ4v) is 7.97. The van der Waals surface area contributed by atoms with Gasteiger partial charge in [-0.05, 0) is 49.8 Å². The summed E-state index contributed by atoms with van der Waals surface area (Å²) in [6, 6.07) is 5.04. The Morgan fingerprint density at radius 3 is 2.50 bits per heavy atom. The number of sulfonamides is 1. The number of aliphatic carboxylic acids is 1. The van der Waals surface area contributed by atoms with Crippen LogP contribution in [0.1, 0.15) is 56.9 Å². The predicted molar refractivity (Wildman–Crippen MR) is 160 cm³/mol. The minimum absolute atomic E-state index is 0.00275. The number of carboxylic acid groups (broad SMARTS) is 1. The molecule has 4 rings (SSSR count). The van der Waals surface area contributed by atoms with Gasteiger partial charge in [0.2, 0.25) is 22.7 Å². The van der Waals surface area contributed by atoms with E-state index in [0.717, 1.165) is 42.3 Å². The second-order valence-electron chi connectivity index (χ2n) is 12.9. The standard InChI is InChI=1S/C30H48N4O7S/c1-5-6-13-31(14-7-8-17-34(2,3)4)28(35)21-32-20-24(23-10-11-26-27(19-23)41-22-40-26)29(30(36)37)25(32)12-16-33-15-9-18-42(33,38)39/h10-11,19,24-25,29H,5-9,12-18,20-22H2,1-4H3/p+1. The van der Waals surface area contributed by atoms with Crippen LogP contribution >= 0.6 is 0 Å². The van der Waals surface area contributed by atoms with Crippen LogP contribution in [0, 0.1) is 5.92 Å². The maximum absolute atomic E-state index is 13.8. The van der Waals surface area contributed by atoms with Crippen molar-refractivity contribution in [3.63, 3.8) is 0 Å². The van der Waals surface area contributed by atoms with Gasteiger partial charge < -0.3 is 24.0 Å². The molecule has 1 N–H and O–H groups in total. The molecule has 3 unspecified atom stereocenters. The second kappa shape index (κ2) is 13.9. The summed E-state index contributed by atoms with van der Waals surface area (Å²) >= 11 is 0. The number of amides is 1. The number of carbonyl (C=O) groups is 2. The molecule has 2 fully saturated rings. The van der Waals surface area contributed by atoms with Crippen LogP contribution in [0.25, 0.3) is 0 Å². The number of likely N-dealkylation sites (tertiary alicyclic amines) is 1. The van der Waals surface area contributed by atoms with E-state index < -0.39 is 28.0 Å². The molecule has 11 nitrogen and oxygen atoms in total. The zero-order valence-electron chi connectivity index (χ0n) is 25.7. The average molecular weight is 610 g/mol. The highest BCUT2D eigenvalue weighted by Crippen LogP contribution is 2.43. The fraction of sp³-hybridized carbons (Fsp3) is 0.733. The minimum atomic E-state index is -3.32. The molecule has 3 aliphatic heterocycles. The number of nitrogens with zero attached hydrogens (tertiary/aromatic N) is 4. The Bertz CT molecular complexity index is 1200. The third-order valence-electron chi connectivity index (χ3n) is 8.72. The fourth-order valence-electron chi connectivity index (χ4n) is 6.43. The molecular weight excluding hydrogens is 560 g/mol. The van der Waals surface area contributed by atoms with Gasteiger partial charge in [-0.15, -0.1) is 0 Å². The number of benzene rings is 1. The molecule has 42 heavy (non-hydrogen) atoms. The molecule has 0 radical (unpaired) electrons. The summed E-state index contributed by atoms with van der Waals surface area (Å²) < 4.78 is 38.4. The molecular formula is C30H49N4O7S+. The first-order valence-electron chi connectivity index (χ1n) is 15.3. The third-order valence-corrected chi connectivity index (χ3v) is 10.7. The minimum Gasteiger partial charge on any atom is -0.481 e. The summed E-state index contributed by atoms with van der Waals surface area (Å²) in [6.45, 7) is 5.83. The van der Waals surface area contributed by atoms with Gasteiger partial charge in [-0.25, -0.2) is 12.7 Å². The van der Waals surface area contributed by atoms with Crippen molar-refractivity contribution >= 4 is 21.9 Å². The van der Waals surface area contributed by atoms with Crippen molar-refractivity contribution in [2.45, 2.75) is 57.4 Å². The monoisotopic (exact) mass is 609 g/mol. The van der Waals surface area contributed by atoms with Gasteiger partial charge >= 0.3 is 5.97 Å². The van der Waals surface area contributed by atoms with Gasteiger partial charge in [0, 0.05) is 44.7 Å². The normalized spacial score (nSPS) is 23.9. The van der Waals surface area contributed by atoms with Crippen LogP contribution in [0.3, 0.4) is 0 Å². The number of ether oxygens (including phenoxy) is 2. The summed E-state index contributed by atoms with van der Waals surface area (Å²) in [7, 11) is 3.17. The van der Waals surface area contributed by atoms with E-state index >= 15 is 0 Å². The van der Waals surface area contributed by atoms with Crippen LogP contribution in [0.4, 0.5) is 0 Å². The lowest BCUT2D eigenvalue weighted by Gasteiger charge is -2.31. The van der Waals surface area contributed by atoms with Crippen molar-refractivity contribution < 1.29 is 37.1 Å². The largest absolute Gasteiger partial charge is 0.481 e. The van der Waals surface area contributed by atoms with E-state index in [4.69, 9.17) is 9.47 Å². The summed E-state index contributed by atoms with van der Waals surface area (Å²) in [5.74, 6) is -0.764. The van der Waals surface area contributed by atoms with E-state index in [-0.39, 0.29) is 37.5 Å². The van der Waals surface area contributed by atoms with E-state index in [0.29, 0.717) is 50.5 Å². The molecule has 0 spiro atoms. The Morgan fingerprint density at radius 1 is 1.10 bits per heavy atom. The van der Waals surface area contributed by atoms with E-state index in [9.17, 15) is 23.1 Å². The molecule has 0 aromatic heterocycles. The van der Waals surface area contributed by atoms with Crippen molar-refractivity contribution in [1.82, 2.24) is 14.1 Å². The van der Waals surface area contributed by atoms with Crippen LogP contribution in [0.15, 0.2) is 18.2 Å². The molecule has 3 atom stereocenters. The van der Waals surface area contributed by atoms with Gasteiger partial charge in [-0.2, -0.15) is 0 Å². The zero-order chi connectivity index (χ0) is 30.5. The van der Waals surface area contributed by atoms with Crippen LogP contribution < -0.4 is 9.47 Å². The number of quaternary nitrogens is 1. The maximum atomic E-state index is 13.8. The van der Waals surface area contributed by atoms with Gasteiger partial charge in [0.1, 0.15) is 0 Å². The van der Waals surface area contributed by atoms with Crippen molar-refractivity contribution in [3.8, 4) is 11.5 Å². The van der Waals surface area contributed by atoms with Gasteiger partial charge in [0.25, 0.3) is 0 Å². The van der Waals surface area contributed by atoms with Crippen molar-refractivity contribution in [1.29, 1.82) is 0 Å². The lowest BCUT2D eigenvalue weighted by Crippen LogP contribution is -2.46. The number of hydrogen-bond donors (Lipinski definition) is 1.